The number of carboxylic acid groups (broad SMARTS) is 1. The Labute approximate surface area is 176 Å². The maximum Gasteiger partial charge on any atom is 0.364 e. The van der Waals surface area contributed by atoms with Crippen LogP contribution < -0.4 is 5.32 Å². The molecule has 0 aromatic rings. The number of carbonyl (C=O) groups excluding carboxylic acids is 1. The van der Waals surface area contributed by atoms with Gasteiger partial charge in [-0.15, -0.1) is 0 Å². The van der Waals surface area contributed by atoms with E-state index in [1.54, 1.807) is 0 Å². The summed E-state index contributed by atoms with van der Waals surface area (Å²) in [6, 6.07) is -1.35. The summed E-state index contributed by atoms with van der Waals surface area (Å²) >= 11 is 0. The Bertz CT molecular complexity index is 635. The minimum Gasteiger partial charge on any atom is -0.477 e. The zero-order chi connectivity index (χ0) is 23.5. The van der Waals surface area contributed by atoms with Gasteiger partial charge in [-0.1, -0.05) is 0 Å². The average Bonchev–Trinajstić information content (AvgIpc) is 2.69. The number of hydrogen-bond donors (Lipinski definition) is 9. The average molecular weight is 455 g/mol. The minimum absolute atomic E-state index is 0.270. The van der Waals surface area contributed by atoms with Gasteiger partial charge in [-0.3, -0.25) is 4.79 Å². The standard InChI is InChI=1S/C17H29NO13/c1-6(20)18-12-9(23)3-17(16(27)28,31-14(12)13(25)10(24)4-19)29-5-11-7(21)2-8(22)15(26)30-11/h7-15,19,21-26H,2-5H2,1H3,(H,18,20)(H,27,28)/t7-,8-,9+,10-,11-,12-,13-,14-,15+,17-/m1/s1. The maximum absolute atomic E-state index is 12.0. The van der Waals surface area contributed by atoms with Crippen LogP contribution in [0.2, 0.25) is 0 Å². The fraction of sp³-hybridized carbons (Fsp3) is 0.882. The molecule has 2 fully saturated rings. The lowest BCUT2D eigenvalue weighted by Crippen LogP contribution is -2.68. The van der Waals surface area contributed by atoms with Crippen LogP contribution in [-0.4, -0.2) is 127 Å². The first-order valence-corrected chi connectivity index (χ1v) is 9.58. The second-order valence-corrected chi connectivity index (χ2v) is 7.63. The van der Waals surface area contributed by atoms with Crippen molar-refractivity contribution in [1.29, 1.82) is 0 Å². The van der Waals surface area contributed by atoms with Crippen molar-refractivity contribution < 1.29 is 64.7 Å². The van der Waals surface area contributed by atoms with Gasteiger partial charge in [0.05, 0.1) is 31.5 Å². The molecule has 0 saturated carbocycles. The number of rotatable bonds is 8. The lowest BCUT2D eigenvalue weighted by molar-refractivity contribution is -0.327. The molecule has 14 nitrogen and oxygen atoms in total. The van der Waals surface area contributed by atoms with Crippen LogP contribution in [0.3, 0.4) is 0 Å². The highest BCUT2D eigenvalue weighted by molar-refractivity contribution is 5.76. The number of amides is 1. The predicted octanol–water partition coefficient (Wildman–Crippen LogP) is -5.02. The third kappa shape index (κ3) is 5.87. The lowest BCUT2D eigenvalue weighted by atomic mass is 9.88. The summed E-state index contributed by atoms with van der Waals surface area (Å²) in [7, 11) is 0. The Morgan fingerprint density at radius 1 is 1.16 bits per heavy atom. The molecule has 1 amide bonds. The van der Waals surface area contributed by atoms with Gasteiger partial charge in [0.25, 0.3) is 5.79 Å². The smallest absolute Gasteiger partial charge is 0.364 e. The summed E-state index contributed by atoms with van der Waals surface area (Å²) in [6.07, 6.45) is -13.6. The van der Waals surface area contributed by atoms with E-state index in [4.69, 9.17) is 19.3 Å². The molecular weight excluding hydrogens is 426 g/mol. The largest absolute Gasteiger partial charge is 0.477 e. The molecule has 0 aromatic heterocycles. The van der Waals surface area contributed by atoms with E-state index in [-0.39, 0.29) is 6.42 Å². The Hall–Kier alpha value is -1.46. The molecule has 0 unspecified atom stereocenters. The van der Waals surface area contributed by atoms with E-state index in [0.29, 0.717) is 0 Å². The third-order valence-electron chi connectivity index (χ3n) is 5.22. The van der Waals surface area contributed by atoms with E-state index in [0.717, 1.165) is 6.92 Å². The van der Waals surface area contributed by atoms with Gasteiger partial charge < -0.3 is 60.4 Å². The second kappa shape index (κ2) is 10.4. The molecule has 0 spiro atoms. The number of carbonyl (C=O) groups is 2. The van der Waals surface area contributed by atoms with Gasteiger partial charge in [-0.05, 0) is 0 Å². The van der Waals surface area contributed by atoms with Crippen molar-refractivity contribution in [2.24, 2.45) is 0 Å². The molecule has 0 aliphatic carbocycles. The van der Waals surface area contributed by atoms with Crippen LogP contribution >= 0.6 is 0 Å². The summed E-state index contributed by atoms with van der Waals surface area (Å²) in [4.78, 5) is 23.5. The van der Waals surface area contributed by atoms with Gasteiger partial charge in [0.1, 0.15) is 30.5 Å². The van der Waals surface area contributed by atoms with Crippen molar-refractivity contribution >= 4 is 11.9 Å². The first-order valence-electron chi connectivity index (χ1n) is 9.58. The molecule has 0 radical (unpaired) electrons. The zero-order valence-corrected chi connectivity index (χ0v) is 16.6. The van der Waals surface area contributed by atoms with E-state index >= 15 is 0 Å². The highest BCUT2D eigenvalue weighted by Gasteiger charge is 2.56. The maximum atomic E-state index is 12.0. The molecule has 31 heavy (non-hydrogen) atoms. The summed E-state index contributed by atoms with van der Waals surface area (Å²) in [5.41, 5.74) is 0. The molecule has 2 saturated heterocycles. The topological polar surface area (TPSA) is 236 Å². The van der Waals surface area contributed by atoms with Crippen LogP contribution in [0.5, 0.6) is 0 Å². The zero-order valence-electron chi connectivity index (χ0n) is 16.6. The quantitative estimate of drug-likeness (QED) is 0.167. The Morgan fingerprint density at radius 2 is 1.81 bits per heavy atom. The molecule has 2 aliphatic heterocycles. The van der Waals surface area contributed by atoms with E-state index in [1.807, 2.05) is 0 Å². The number of hydrogen-bond acceptors (Lipinski definition) is 12. The number of aliphatic carboxylic acids is 1. The molecule has 2 rings (SSSR count). The van der Waals surface area contributed by atoms with Crippen molar-refractivity contribution in [2.75, 3.05) is 13.2 Å². The highest BCUT2D eigenvalue weighted by Crippen LogP contribution is 2.34. The first-order chi connectivity index (χ1) is 14.4. The van der Waals surface area contributed by atoms with Crippen LogP contribution in [0.25, 0.3) is 0 Å². The first kappa shape index (κ1) is 25.8. The summed E-state index contributed by atoms with van der Waals surface area (Å²) < 4.78 is 15.7. The number of aliphatic hydroxyl groups is 7. The van der Waals surface area contributed by atoms with Gasteiger partial charge in [0, 0.05) is 19.8 Å². The van der Waals surface area contributed by atoms with Crippen molar-refractivity contribution in [2.45, 2.75) is 80.6 Å². The SMILES string of the molecule is CC(=O)N[C@H]1[C@H]([C@H](O)[C@H](O)CO)O[C@@](OC[C@H]2O[C@H](O)[C@H](O)C[C@H]2O)(C(=O)O)C[C@@H]1O. The number of ether oxygens (including phenoxy) is 3. The fourth-order valence-corrected chi connectivity index (χ4v) is 3.52. The molecule has 180 valence electrons. The van der Waals surface area contributed by atoms with Crippen LogP contribution in [0.1, 0.15) is 19.8 Å². The highest BCUT2D eigenvalue weighted by atomic mass is 16.7. The summed E-state index contributed by atoms with van der Waals surface area (Å²) in [5.74, 6) is -4.97. The van der Waals surface area contributed by atoms with Crippen LogP contribution in [0.15, 0.2) is 0 Å². The summed E-state index contributed by atoms with van der Waals surface area (Å²) in [5, 5.41) is 80.8. The molecule has 10 atom stereocenters. The monoisotopic (exact) mass is 455 g/mol. The van der Waals surface area contributed by atoms with Crippen LogP contribution in [-0.2, 0) is 23.8 Å². The van der Waals surface area contributed by atoms with Gasteiger partial charge in [-0.2, -0.15) is 0 Å². The normalized spacial score (nSPS) is 40.7. The Kier molecular flexibility index (Phi) is 8.69. The van der Waals surface area contributed by atoms with Gasteiger partial charge in [0.15, 0.2) is 6.29 Å². The predicted molar refractivity (Wildman–Crippen MR) is 96.0 cm³/mol. The van der Waals surface area contributed by atoms with E-state index in [9.17, 15) is 45.3 Å². The van der Waals surface area contributed by atoms with Crippen LogP contribution in [0.4, 0.5) is 0 Å². The fourth-order valence-electron chi connectivity index (χ4n) is 3.52. The minimum atomic E-state index is -2.60. The van der Waals surface area contributed by atoms with Crippen molar-refractivity contribution in [3.8, 4) is 0 Å². The van der Waals surface area contributed by atoms with Crippen molar-refractivity contribution in [1.82, 2.24) is 5.32 Å². The molecule has 14 heteroatoms. The molecule has 0 bridgehead atoms. The Balaban J connectivity index is 2.25. The Morgan fingerprint density at radius 3 is 2.35 bits per heavy atom. The molecule has 9 N–H and O–H groups in total. The molecule has 2 aliphatic rings. The third-order valence-corrected chi connectivity index (χ3v) is 5.22. The molecule has 0 aromatic carbocycles. The van der Waals surface area contributed by atoms with Gasteiger partial charge in [0.2, 0.25) is 5.91 Å². The summed E-state index contributed by atoms with van der Waals surface area (Å²) in [6.45, 7) is -0.469. The van der Waals surface area contributed by atoms with Crippen molar-refractivity contribution in [3.05, 3.63) is 0 Å². The van der Waals surface area contributed by atoms with Crippen LogP contribution in [0, 0.1) is 0 Å². The van der Waals surface area contributed by atoms with Gasteiger partial charge >= 0.3 is 5.97 Å². The number of aliphatic hydroxyl groups excluding tert-OH is 7. The van der Waals surface area contributed by atoms with E-state index in [2.05, 4.69) is 5.32 Å². The van der Waals surface area contributed by atoms with Gasteiger partial charge in [-0.25, -0.2) is 4.79 Å². The lowest BCUT2D eigenvalue weighted by Gasteiger charge is -2.47. The molecular formula is C17H29NO13. The number of nitrogens with one attached hydrogen (secondary N) is 1. The number of carboxylic acids is 1. The molecule has 2 heterocycles. The van der Waals surface area contributed by atoms with Crippen molar-refractivity contribution in [3.63, 3.8) is 0 Å². The second-order valence-electron chi connectivity index (χ2n) is 7.63. The van der Waals surface area contributed by atoms with E-state index in [1.165, 1.54) is 0 Å². The van der Waals surface area contributed by atoms with E-state index < -0.39 is 92.4 Å².